The molecule has 2 aliphatic carbocycles. The Bertz CT molecular complexity index is 2180. The third kappa shape index (κ3) is 8.05. The van der Waals surface area contributed by atoms with E-state index in [-0.39, 0.29) is 53.7 Å². The molecule has 2 aromatic carbocycles. The van der Waals surface area contributed by atoms with Gasteiger partial charge in [-0.15, -0.1) is 0 Å². The normalized spacial score (nSPS) is 24.3. The van der Waals surface area contributed by atoms with Gasteiger partial charge in [0, 0.05) is 12.1 Å². The van der Waals surface area contributed by atoms with E-state index in [9.17, 15) is 19.2 Å². The van der Waals surface area contributed by atoms with Gasteiger partial charge >= 0.3 is 12.2 Å². The van der Waals surface area contributed by atoms with Crippen molar-refractivity contribution in [2.24, 2.45) is 23.7 Å². The highest BCUT2D eigenvalue weighted by atomic mass is 16.5. The lowest BCUT2D eigenvalue weighted by atomic mass is 9.92. The Labute approximate surface area is 345 Å². The Morgan fingerprint density at radius 3 is 1.49 bits per heavy atom. The summed E-state index contributed by atoms with van der Waals surface area (Å²) in [5.41, 5.74) is 6.31. The van der Waals surface area contributed by atoms with E-state index < -0.39 is 24.3 Å². The molecule has 2 unspecified atom stereocenters. The van der Waals surface area contributed by atoms with Gasteiger partial charge in [0.2, 0.25) is 11.8 Å². The average Bonchev–Trinajstić information content (AvgIpc) is 3.82. The van der Waals surface area contributed by atoms with Crippen LogP contribution in [0.15, 0.2) is 60.9 Å². The van der Waals surface area contributed by atoms with E-state index in [1.54, 1.807) is 0 Å². The zero-order chi connectivity index (χ0) is 41.7. The minimum Gasteiger partial charge on any atom is -0.453 e. The topological polar surface area (TPSA) is 175 Å². The Kier molecular flexibility index (Phi) is 11.0. The first-order valence-electron chi connectivity index (χ1n) is 21.0. The molecule has 2 saturated carbocycles. The second-order valence-electron chi connectivity index (χ2n) is 17.6. The van der Waals surface area contributed by atoms with E-state index in [4.69, 9.17) is 19.4 Å². The van der Waals surface area contributed by atoms with Gasteiger partial charge < -0.3 is 39.9 Å². The summed E-state index contributed by atoms with van der Waals surface area (Å²) in [6.45, 7) is 9.94. The Morgan fingerprint density at radius 1 is 0.661 bits per heavy atom. The van der Waals surface area contributed by atoms with Crippen molar-refractivity contribution in [1.29, 1.82) is 0 Å². The number of H-pyrrole nitrogens is 2. The van der Waals surface area contributed by atoms with Crippen LogP contribution in [-0.2, 0) is 25.5 Å². The predicted molar refractivity (Wildman–Crippen MR) is 221 cm³/mol. The Balaban J connectivity index is 0.887. The molecule has 4 aromatic rings. The third-order valence-corrected chi connectivity index (χ3v) is 12.9. The first kappa shape index (κ1) is 40.1. The van der Waals surface area contributed by atoms with Crippen LogP contribution in [-0.4, -0.2) is 92.1 Å². The summed E-state index contributed by atoms with van der Waals surface area (Å²) in [6.07, 6.45) is 7.02. The number of methoxy groups -OCH3 is 2. The average molecular weight is 805 g/mol. The van der Waals surface area contributed by atoms with Gasteiger partial charge in [-0.1, -0.05) is 83.1 Å². The van der Waals surface area contributed by atoms with Crippen molar-refractivity contribution < 1.29 is 28.7 Å². The summed E-state index contributed by atoms with van der Waals surface area (Å²) in [6, 6.07) is 15.8. The molecule has 9 atom stereocenters. The van der Waals surface area contributed by atoms with Crippen molar-refractivity contribution in [3.63, 3.8) is 0 Å². The number of nitrogens with zero attached hydrogens (tertiary/aromatic N) is 4. The molecule has 14 nitrogen and oxygen atoms in total. The first-order valence-corrected chi connectivity index (χ1v) is 21.0. The molecule has 2 aliphatic heterocycles. The molecule has 4 N–H and O–H groups in total. The smallest absolute Gasteiger partial charge is 0.407 e. The quantitative estimate of drug-likeness (QED) is 0.113. The molecule has 0 bridgehead atoms. The van der Waals surface area contributed by atoms with E-state index in [0.29, 0.717) is 11.8 Å². The maximum absolute atomic E-state index is 13.8. The van der Waals surface area contributed by atoms with Gasteiger partial charge in [0.15, 0.2) is 0 Å². The van der Waals surface area contributed by atoms with Crippen molar-refractivity contribution in [3.8, 4) is 22.5 Å². The summed E-state index contributed by atoms with van der Waals surface area (Å²) < 4.78 is 9.60. The van der Waals surface area contributed by atoms with Crippen LogP contribution in [0.25, 0.3) is 22.5 Å². The predicted octanol–water partition coefficient (Wildman–Crippen LogP) is 6.90. The maximum Gasteiger partial charge on any atom is 0.407 e. The van der Waals surface area contributed by atoms with Crippen molar-refractivity contribution in [2.75, 3.05) is 14.2 Å². The van der Waals surface area contributed by atoms with Crippen molar-refractivity contribution in [2.45, 2.75) is 109 Å². The monoisotopic (exact) mass is 804 g/mol. The summed E-state index contributed by atoms with van der Waals surface area (Å²) in [5.74, 6) is 2.37. The minimum atomic E-state index is -0.669. The van der Waals surface area contributed by atoms with Crippen LogP contribution >= 0.6 is 0 Å². The molecule has 0 radical (unpaired) electrons. The lowest BCUT2D eigenvalue weighted by molar-refractivity contribution is -0.137. The van der Waals surface area contributed by atoms with E-state index in [0.717, 1.165) is 66.3 Å². The zero-order valence-electron chi connectivity index (χ0n) is 34.9. The van der Waals surface area contributed by atoms with Gasteiger partial charge in [-0.2, -0.15) is 0 Å². The number of rotatable bonds is 13. The number of nitrogens with one attached hydrogen (secondary N) is 4. The van der Waals surface area contributed by atoms with Gasteiger partial charge in [0.1, 0.15) is 23.7 Å². The lowest BCUT2D eigenvalue weighted by Crippen LogP contribution is -2.52. The molecule has 2 aromatic heterocycles. The van der Waals surface area contributed by atoms with Crippen LogP contribution < -0.4 is 10.6 Å². The van der Waals surface area contributed by atoms with Gasteiger partial charge in [-0.3, -0.25) is 9.59 Å². The second kappa shape index (κ2) is 16.2. The van der Waals surface area contributed by atoms with E-state index >= 15 is 0 Å². The molecule has 0 spiro atoms. The largest absolute Gasteiger partial charge is 0.453 e. The molecule has 14 heteroatoms. The van der Waals surface area contributed by atoms with Crippen LogP contribution in [0, 0.1) is 23.7 Å². The first-order chi connectivity index (χ1) is 28.3. The van der Waals surface area contributed by atoms with Crippen LogP contribution in [0.3, 0.4) is 0 Å². The highest BCUT2D eigenvalue weighted by Crippen LogP contribution is 2.54. The number of carbonyl (C=O) groups is 4. The number of fused-ring (bicyclic) bond motifs is 2. The van der Waals surface area contributed by atoms with Crippen molar-refractivity contribution in [1.82, 2.24) is 40.4 Å². The second-order valence-corrected chi connectivity index (χ2v) is 17.6. The number of aromatic nitrogens is 4. The fourth-order valence-corrected chi connectivity index (χ4v) is 9.34. The fourth-order valence-electron chi connectivity index (χ4n) is 9.34. The van der Waals surface area contributed by atoms with Gasteiger partial charge in [0.05, 0.1) is 50.1 Å². The Morgan fingerprint density at radius 2 is 1.08 bits per heavy atom. The van der Waals surface area contributed by atoms with Crippen LogP contribution in [0.5, 0.6) is 0 Å². The van der Waals surface area contributed by atoms with Crippen LogP contribution in [0.2, 0.25) is 0 Å². The number of carbonyl (C=O) groups excluding carboxylic acids is 4. The van der Waals surface area contributed by atoms with E-state index in [2.05, 4.69) is 76.1 Å². The van der Waals surface area contributed by atoms with Crippen molar-refractivity contribution in [3.05, 3.63) is 83.7 Å². The number of amides is 4. The summed E-state index contributed by atoms with van der Waals surface area (Å²) >= 11 is 0. The molecule has 312 valence electrons. The standard InChI is InChI=1S/C45H56N8O6/c1-23(2)38(50-44(56)58-6)42(54)52-34-17-30(34)19-36(52)40-46-21-32(48-40)28-10-8-26(9-11-28)16-25(5)27-12-14-29(15-13-27)33-22-47-41(49-33)37-20-31-18-35(31)53(37)43(55)39(24(3)4)51-45(57)59-7/h8-15,21-25,30-31,34-39H,16-20H2,1-7H3,(H,46,48)(H,47,49)(H,50,56)(H,51,57)/t25-,30+,31+,34+,35+,36-,37-,38?,39?/m0/s1. The third-order valence-electron chi connectivity index (χ3n) is 12.9. The number of hydrogen-bond acceptors (Lipinski definition) is 8. The number of piperidine rings is 2. The highest BCUT2D eigenvalue weighted by molar-refractivity contribution is 5.88. The van der Waals surface area contributed by atoms with Gasteiger partial charge in [-0.05, 0) is 83.9 Å². The number of imidazole rings is 2. The lowest BCUT2D eigenvalue weighted by Gasteiger charge is -2.31. The number of alkyl carbamates (subject to hydrolysis) is 2. The number of likely N-dealkylation sites (tertiary alicyclic amines) is 2. The molecule has 4 fully saturated rings. The molecule has 4 aliphatic rings. The number of aromatic amines is 2. The number of ether oxygens (including phenoxy) is 2. The fraction of sp³-hybridized carbons (Fsp3) is 0.511. The molecule has 59 heavy (non-hydrogen) atoms. The SMILES string of the molecule is COC(=O)NC(C(=O)N1[C@@H]2C[C@@H]2C[C@H]1c1ncc(-c2ccc(C[C@H](C)c3ccc(-c4cnc([C@@H]5C[C@H]6C[C@H]6N5C(=O)C(NC(=O)OC)C(C)C)[nH]4)cc3)cc2)[nH]1)C(C)C. The summed E-state index contributed by atoms with van der Waals surface area (Å²) in [4.78, 5) is 72.0. The Hall–Kier alpha value is -5.66. The van der Waals surface area contributed by atoms with E-state index in [1.807, 2.05) is 49.9 Å². The minimum absolute atomic E-state index is 0.0905. The summed E-state index contributed by atoms with van der Waals surface area (Å²) in [7, 11) is 2.61. The van der Waals surface area contributed by atoms with Gasteiger partial charge in [-0.25, -0.2) is 19.6 Å². The molecule has 8 rings (SSSR count). The molecular formula is C45H56N8O6. The van der Waals surface area contributed by atoms with Crippen molar-refractivity contribution >= 4 is 24.0 Å². The molecule has 4 amide bonds. The van der Waals surface area contributed by atoms with Gasteiger partial charge in [0.25, 0.3) is 0 Å². The highest BCUT2D eigenvalue weighted by Gasteiger charge is 2.57. The maximum atomic E-state index is 13.8. The molecule has 4 heterocycles. The van der Waals surface area contributed by atoms with E-state index in [1.165, 1.54) is 25.3 Å². The molecular weight excluding hydrogens is 749 g/mol. The number of benzene rings is 2. The number of hydrogen-bond donors (Lipinski definition) is 4. The summed E-state index contributed by atoms with van der Waals surface area (Å²) in [5, 5.41) is 5.48. The van der Waals surface area contributed by atoms with Crippen LogP contribution in [0.1, 0.15) is 101 Å². The van der Waals surface area contributed by atoms with Crippen LogP contribution in [0.4, 0.5) is 9.59 Å². The molecule has 2 saturated heterocycles. The zero-order valence-corrected chi connectivity index (χ0v) is 34.9.